The summed E-state index contributed by atoms with van der Waals surface area (Å²) >= 11 is 0. The van der Waals surface area contributed by atoms with Crippen molar-refractivity contribution in [3.05, 3.63) is 24.2 Å². The molecule has 1 unspecified atom stereocenters. The second-order valence-electron chi connectivity index (χ2n) is 6.91. The first kappa shape index (κ1) is 15.0. The third kappa shape index (κ3) is 2.83. The number of ether oxygens (including phenoxy) is 1. The van der Waals surface area contributed by atoms with E-state index in [2.05, 4.69) is 48.1 Å². The van der Waals surface area contributed by atoms with Crippen molar-refractivity contribution in [2.24, 2.45) is 0 Å². The highest BCUT2D eigenvalue weighted by Gasteiger charge is 2.46. The SMILES string of the molecule is Cc1noc(-c2cccnc2NC2CC(C)(C)OC2(C)C)n1. The number of pyridine rings is 1. The molecule has 118 valence electrons. The molecule has 0 aromatic carbocycles. The first-order chi connectivity index (χ1) is 10.3. The van der Waals surface area contributed by atoms with Gasteiger partial charge in [-0.05, 0) is 53.2 Å². The van der Waals surface area contributed by atoms with Crippen molar-refractivity contribution in [2.75, 3.05) is 5.32 Å². The summed E-state index contributed by atoms with van der Waals surface area (Å²) in [7, 11) is 0. The van der Waals surface area contributed by atoms with Gasteiger partial charge in [0.1, 0.15) is 5.82 Å². The summed E-state index contributed by atoms with van der Waals surface area (Å²) in [5.74, 6) is 1.82. The van der Waals surface area contributed by atoms with Gasteiger partial charge in [-0.15, -0.1) is 0 Å². The lowest BCUT2D eigenvalue weighted by atomic mass is 9.94. The van der Waals surface area contributed by atoms with Gasteiger partial charge < -0.3 is 14.6 Å². The largest absolute Gasteiger partial charge is 0.367 e. The number of nitrogens with zero attached hydrogens (tertiary/aromatic N) is 3. The summed E-state index contributed by atoms with van der Waals surface area (Å²) in [6.45, 7) is 10.2. The van der Waals surface area contributed by atoms with Gasteiger partial charge in [0.2, 0.25) is 0 Å². The highest BCUT2D eigenvalue weighted by Crippen LogP contribution is 2.39. The average molecular weight is 302 g/mol. The molecule has 3 rings (SSSR count). The zero-order valence-corrected chi connectivity index (χ0v) is 13.7. The minimum Gasteiger partial charge on any atom is -0.367 e. The summed E-state index contributed by atoms with van der Waals surface area (Å²) in [6.07, 6.45) is 2.65. The van der Waals surface area contributed by atoms with Gasteiger partial charge in [0.05, 0.1) is 22.8 Å². The van der Waals surface area contributed by atoms with Gasteiger partial charge >= 0.3 is 0 Å². The summed E-state index contributed by atoms with van der Waals surface area (Å²) in [4.78, 5) is 8.74. The highest BCUT2D eigenvalue weighted by atomic mass is 16.5. The molecule has 6 heteroatoms. The quantitative estimate of drug-likeness (QED) is 0.938. The highest BCUT2D eigenvalue weighted by molar-refractivity contribution is 5.69. The molecule has 0 aliphatic carbocycles. The fourth-order valence-electron chi connectivity index (χ4n) is 3.05. The van der Waals surface area contributed by atoms with Crippen LogP contribution < -0.4 is 5.32 Å². The molecule has 1 aliphatic rings. The molecule has 2 aromatic rings. The molecule has 1 N–H and O–H groups in total. The summed E-state index contributed by atoms with van der Waals surface area (Å²) in [5, 5.41) is 7.35. The van der Waals surface area contributed by atoms with Crippen LogP contribution in [0.5, 0.6) is 0 Å². The molecule has 2 aromatic heterocycles. The zero-order chi connectivity index (χ0) is 16.0. The molecule has 0 radical (unpaired) electrons. The van der Waals surface area contributed by atoms with Crippen molar-refractivity contribution in [1.82, 2.24) is 15.1 Å². The molecule has 1 saturated heterocycles. The molecule has 1 atom stereocenters. The average Bonchev–Trinajstić information content (AvgIpc) is 2.91. The minimum atomic E-state index is -0.275. The Kier molecular flexibility index (Phi) is 3.44. The van der Waals surface area contributed by atoms with Crippen LogP contribution in [0.15, 0.2) is 22.9 Å². The first-order valence-corrected chi connectivity index (χ1v) is 7.49. The van der Waals surface area contributed by atoms with Crippen LogP contribution in [0.4, 0.5) is 5.82 Å². The lowest BCUT2D eigenvalue weighted by molar-refractivity contribution is -0.0662. The maximum absolute atomic E-state index is 6.13. The van der Waals surface area contributed by atoms with Gasteiger partial charge in [-0.25, -0.2) is 4.98 Å². The summed E-state index contributed by atoms with van der Waals surface area (Å²) in [5.41, 5.74) is 0.379. The number of aryl methyl sites for hydroxylation is 1. The number of rotatable bonds is 3. The Morgan fingerprint density at radius 3 is 2.64 bits per heavy atom. The lowest BCUT2D eigenvalue weighted by Crippen LogP contribution is -2.38. The standard InChI is InChI=1S/C16H22N4O2/c1-10-18-14(21-20-10)11-7-6-8-17-13(11)19-12-9-15(2,3)22-16(12,4)5/h6-8,12H,9H2,1-5H3,(H,17,19). The van der Waals surface area contributed by atoms with E-state index in [-0.39, 0.29) is 17.2 Å². The van der Waals surface area contributed by atoms with E-state index in [9.17, 15) is 0 Å². The molecule has 1 aliphatic heterocycles. The molecule has 0 amide bonds. The maximum Gasteiger partial charge on any atom is 0.261 e. The van der Waals surface area contributed by atoms with Crippen LogP contribution in [0, 0.1) is 6.92 Å². The molecule has 22 heavy (non-hydrogen) atoms. The fourth-order valence-corrected chi connectivity index (χ4v) is 3.05. The second-order valence-corrected chi connectivity index (χ2v) is 6.91. The van der Waals surface area contributed by atoms with Crippen LogP contribution in [0.3, 0.4) is 0 Å². The van der Waals surface area contributed by atoms with E-state index < -0.39 is 0 Å². The van der Waals surface area contributed by atoms with Crippen LogP contribution in [0.1, 0.15) is 39.9 Å². The Balaban J connectivity index is 1.91. The van der Waals surface area contributed by atoms with E-state index in [4.69, 9.17) is 9.26 Å². The Bertz CT molecular complexity index is 678. The number of hydrogen-bond donors (Lipinski definition) is 1. The smallest absolute Gasteiger partial charge is 0.261 e. The molecular weight excluding hydrogens is 280 g/mol. The van der Waals surface area contributed by atoms with Crippen molar-refractivity contribution in [3.63, 3.8) is 0 Å². The third-order valence-corrected chi connectivity index (χ3v) is 3.95. The van der Waals surface area contributed by atoms with E-state index in [1.807, 2.05) is 12.1 Å². The van der Waals surface area contributed by atoms with Gasteiger partial charge in [0.15, 0.2) is 5.82 Å². The first-order valence-electron chi connectivity index (χ1n) is 7.49. The summed E-state index contributed by atoms with van der Waals surface area (Å²) in [6, 6.07) is 3.94. The minimum absolute atomic E-state index is 0.153. The van der Waals surface area contributed by atoms with E-state index in [0.29, 0.717) is 11.7 Å². The van der Waals surface area contributed by atoms with Crippen LogP contribution in [0.2, 0.25) is 0 Å². The van der Waals surface area contributed by atoms with Crippen LogP contribution >= 0.6 is 0 Å². The molecule has 0 spiro atoms. The Labute approximate surface area is 130 Å². The zero-order valence-electron chi connectivity index (χ0n) is 13.7. The maximum atomic E-state index is 6.13. The monoisotopic (exact) mass is 302 g/mol. The Morgan fingerprint density at radius 1 is 1.27 bits per heavy atom. The number of anilines is 1. The Morgan fingerprint density at radius 2 is 2.05 bits per heavy atom. The van der Waals surface area contributed by atoms with Gasteiger partial charge in [-0.1, -0.05) is 5.16 Å². The van der Waals surface area contributed by atoms with Crippen molar-refractivity contribution in [1.29, 1.82) is 0 Å². The van der Waals surface area contributed by atoms with Gasteiger partial charge in [-0.2, -0.15) is 4.98 Å². The van der Waals surface area contributed by atoms with Crippen LogP contribution in [0.25, 0.3) is 11.5 Å². The second kappa shape index (κ2) is 5.05. The van der Waals surface area contributed by atoms with Gasteiger partial charge in [-0.3, -0.25) is 0 Å². The predicted molar refractivity (Wildman–Crippen MR) is 83.5 cm³/mol. The molecule has 6 nitrogen and oxygen atoms in total. The normalized spacial score (nSPS) is 22.7. The van der Waals surface area contributed by atoms with E-state index in [1.165, 1.54) is 0 Å². The van der Waals surface area contributed by atoms with Crippen molar-refractivity contribution in [3.8, 4) is 11.5 Å². The van der Waals surface area contributed by atoms with Crippen molar-refractivity contribution < 1.29 is 9.26 Å². The van der Waals surface area contributed by atoms with Gasteiger partial charge in [0.25, 0.3) is 5.89 Å². The predicted octanol–water partition coefficient (Wildman–Crippen LogP) is 3.20. The van der Waals surface area contributed by atoms with E-state index >= 15 is 0 Å². The van der Waals surface area contributed by atoms with Crippen LogP contribution in [-0.4, -0.2) is 32.4 Å². The van der Waals surface area contributed by atoms with E-state index in [1.54, 1.807) is 13.1 Å². The van der Waals surface area contributed by atoms with Gasteiger partial charge in [0, 0.05) is 6.20 Å². The third-order valence-electron chi connectivity index (χ3n) is 3.95. The number of aromatic nitrogens is 3. The summed E-state index contributed by atoms with van der Waals surface area (Å²) < 4.78 is 11.4. The van der Waals surface area contributed by atoms with Crippen molar-refractivity contribution in [2.45, 2.75) is 58.3 Å². The topological polar surface area (TPSA) is 73.1 Å². The van der Waals surface area contributed by atoms with Crippen molar-refractivity contribution >= 4 is 5.82 Å². The molecular formula is C16H22N4O2. The van der Waals surface area contributed by atoms with Crippen LogP contribution in [-0.2, 0) is 4.74 Å². The number of nitrogens with one attached hydrogen (secondary N) is 1. The Hall–Kier alpha value is -1.95. The lowest BCUT2D eigenvalue weighted by Gasteiger charge is -2.28. The molecule has 1 fully saturated rings. The fraction of sp³-hybridized carbons (Fsp3) is 0.562. The molecule has 0 bridgehead atoms. The molecule has 0 saturated carbocycles. The molecule has 3 heterocycles. The number of hydrogen-bond acceptors (Lipinski definition) is 6. The van der Waals surface area contributed by atoms with E-state index in [0.717, 1.165) is 17.8 Å².